The zero-order valence-electron chi connectivity index (χ0n) is 12.6. The van der Waals surface area contributed by atoms with Gasteiger partial charge < -0.3 is 9.57 Å². The van der Waals surface area contributed by atoms with Crippen LogP contribution in [-0.2, 0) is 19.2 Å². The molecule has 3 atom stereocenters. The highest BCUT2D eigenvalue weighted by molar-refractivity contribution is 6.38. The fourth-order valence-electron chi connectivity index (χ4n) is 3.32. The van der Waals surface area contributed by atoms with E-state index in [0.717, 1.165) is 12.8 Å². The number of ether oxygens (including phenoxy) is 1. The number of carbonyl (C=O) groups excluding carboxylic acids is 2. The molecular formula is C16H14Cl2N2O4. The van der Waals surface area contributed by atoms with E-state index in [1.807, 2.05) is 0 Å². The van der Waals surface area contributed by atoms with Crippen molar-refractivity contribution in [3.05, 3.63) is 33.8 Å². The summed E-state index contributed by atoms with van der Waals surface area (Å²) in [6.45, 7) is 0.924. The van der Waals surface area contributed by atoms with E-state index in [2.05, 4.69) is 5.16 Å². The first-order valence-corrected chi connectivity index (χ1v) is 8.48. The number of halogens is 2. The highest BCUT2D eigenvalue weighted by Crippen LogP contribution is 2.35. The molecule has 1 aromatic rings. The van der Waals surface area contributed by atoms with Gasteiger partial charge in [0.15, 0.2) is 0 Å². The zero-order valence-corrected chi connectivity index (χ0v) is 14.1. The molecule has 2 saturated heterocycles. The summed E-state index contributed by atoms with van der Waals surface area (Å²) < 4.78 is 5.52. The van der Waals surface area contributed by atoms with Crippen LogP contribution in [0.2, 0.25) is 10.0 Å². The van der Waals surface area contributed by atoms with Gasteiger partial charge in [-0.15, -0.1) is 0 Å². The molecule has 6 nitrogen and oxygen atoms in total. The average Bonchev–Trinajstić information content (AvgIpc) is 3.24. The summed E-state index contributed by atoms with van der Waals surface area (Å²) in [7, 11) is 0. The van der Waals surface area contributed by atoms with Gasteiger partial charge in [0.25, 0.3) is 5.91 Å². The van der Waals surface area contributed by atoms with Crippen LogP contribution in [0.4, 0.5) is 0 Å². The molecule has 1 aromatic carbocycles. The maximum absolute atomic E-state index is 12.8. The van der Waals surface area contributed by atoms with Crippen molar-refractivity contribution in [3.63, 3.8) is 0 Å². The third kappa shape index (κ3) is 2.49. The van der Waals surface area contributed by atoms with E-state index in [1.54, 1.807) is 18.2 Å². The molecule has 4 rings (SSSR count). The van der Waals surface area contributed by atoms with E-state index in [4.69, 9.17) is 32.8 Å². The van der Waals surface area contributed by atoms with Gasteiger partial charge in [0, 0.05) is 17.2 Å². The minimum Gasteiger partial charge on any atom is -0.381 e. The minimum atomic E-state index is -0.916. The van der Waals surface area contributed by atoms with Crippen molar-refractivity contribution in [3.8, 4) is 0 Å². The molecular weight excluding hydrogens is 355 g/mol. The smallest absolute Gasteiger partial charge is 0.274 e. The monoisotopic (exact) mass is 368 g/mol. The second-order valence-corrected chi connectivity index (χ2v) is 6.87. The lowest BCUT2D eigenvalue weighted by Crippen LogP contribution is -2.39. The number of imide groups is 1. The lowest BCUT2D eigenvalue weighted by atomic mass is 9.94. The Labute approximate surface area is 148 Å². The van der Waals surface area contributed by atoms with Gasteiger partial charge in [0.1, 0.15) is 11.6 Å². The second kappa shape index (κ2) is 6.02. The standard InChI is InChI=1S/C16H14Cl2N2O4/c17-8-3-4-10(11(18)6-8)13-12-14(24-19-13)16(22)20(15(12)21)7-9-2-1-5-23-9/h3-4,6,9,12,14H,1-2,5,7H2/t9-,12+,14-/m0/s1. The normalized spacial score (nSPS) is 29.0. The van der Waals surface area contributed by atoms with Crippen molar-refractivity contribution in [2.45, 2.75) is 25.0 Å². The van der Waals surface area contributed by atoms with Gasteiger partial charge in [-0.05, 0) is 25.0 Å². The van der Waals surface area contributed by atoms with Crippen molar-refractivity contribution in [2.75, 3.05) is 13.2 Å². The quantitative estimate of drug-likeness (QED) is 0.767. The third-order valence-electron chi connectivity index (χ3n) is 4.52. The van der Waals surface area contributed by atoms with Gasteiger partial charge in [0.2, 0.25) is 12.0 Å². The molecule has 0 aliphatic carbocycles. The first-order chi connectivity index (χ1) is 11.6. The van der Waals surface area contributed by atoms with Crippen LogP contribution >= 0.6 is 23.2 Å². The fourth-order valence-corrected chi connectivity index (χ4v) is 3.83. The van der Waals surface area contributed by atoms with Crippen molar-refractivity contribution in [1.29, 1.82) is 0 Å². The van der Waals surface area contributed by atoms with Gasteiger partial charge in [0.05, 0.1) is 17.7 Å². The summed E-state index contributed by atoms with van der Waals surface area (Å²) in [6, 6.07) is 4.90. The van der Waals surface area contributed by atoms with Crippen molar-refractivity contribution in [1.82, 2.24) is 4.90 Å². The molecule has 0 spiro atoms. The highest BCUT2D eigenvalue weighted by Gasteiger charge is 2.56. The number of oxime groups is 1. The zero-order chi connectivity index (χ0) is 16.8. The van der Waals surface area contributed by atoms with E-state index in [1.165, 1.54) is 4.90 Å². The van der Waals surface area contributed by atoms with E-state index < -0.39 is 12.0 Å². The third-order valence-corrected chi connectivity index (χ3v) is 5.07. The van der Waals surface area contributed by atoms with Crippen LogP contribution in [0.5, 0.6) is 0 Å². The van der Waals surface area contributed by atoms with Gasteiger partial charge in [-0.25, -0.2) is 0 Å². The molecule has 0 bridgehead atoms. The molecule has 0 saturated carbocycles. The van der Waals surface area contributed by atoms with Crippen LogP contribution in [-0.4, -0.2) is 47.8 Å². The van der Waals surface area contributed by atoms with Crippen LogP contribution in [0.3, 0.4) is 0 Å². The molecule has 0 radical (unpaired) electrons. The van der Waals surface area contributed by atoms with Gasteiger partial charge >= 0.3 is 0 Å². The topological polar surface area (TPSA) is 68.2 Å². The van der Waals surface area contributed by atoms with Crippen molar-refractivity contribution >= 4 is 40.7 Å². The van der Waals surface area contributed by atoms with E-state index >= 15 is 0 Å². The van der Waals surface area contributed by atoms with E-state index in [-0.39, 0.29) is 24.5 Å². The summed E-state index contributed by atoms with van der Waals surface area (Å²) in [4.78, 5) is 31.7. The van der Waals surface area contributed by atoms with Crippen LogP contribution in [0, 0.1) is 5.92 Å². The molecule has 3 aliphatic rings. The molecule has 3 heterocycles. The van der Waals surface area contributed by atoms with Crippen LogP contribution in [0.25, 0.3) is 0 Å². The molecule has 2 fully saturated rings. The Balaban J connectivity index is 1.60. The molecule has 24 heavy (non-hydrogen) atoms. The lowest BCUT2D eigenvalue weighted by molar-refractivity contribution is -0.143. The van der Waals surface area contributed by atoms with E-state index in [0.29, 0.717) is 27.9 Å². The minimum absolute atomic E-state index is 0.101. The molecule has 0 unspecified atom stereocenters. The van der Waals surface area contributed by atoms with Gasteiger partial charge in [-0.2, -0.15) is 0 Å². The molecule has 0 aromatic heterocycles. The number of hydrogen-bond acceptors (Lipinski definition) is 5. The first kappa shape index (κ1) is 15.9. The Morgan fingerprint density at radius 2 is 2.08 bits per heavy atom. The number of nitrogens with zero attached hydrogens (tertiary/aromatic N) is 2. The SMILES string of the molecule is O=C1[C@@H]2C(c3ccc(Cl)cc3Cl)=NO[C@@H]2C(=O)N1C[C@@H]1CCCO1. The van der Waals surface area contributed by atoms with Crippen LogP contribution < -0.4 is 0 Å². The lowest BCUT2D eigenvalue weighted by Gasteiger charge is -2.19. The van der Waals surface area contributed by atoms with Gasteiger partial charge in [-0.3, -0.25) is 14.5 Å². The summed E-state index contributed by atoms with van der Waals surface area (Å²) >= 11 is 12.1. The fraction of sp³-hybridized carbons (Fsp3) is 0.438. The summed E-state index contributed by atoms with van der Waals surface area (Å²) in [5, 5.41) is 4.78. The molecule has 3 aliphatic heterocycles. The number of rotatable bonds is 3. The molecule has 2 amide bonds. The Morgan fingerprint density at radius 3 is 2.79 bits per heavy atom. The number of fused-ring (bicyclic) bond motifs is 1. The first-order valence-electron chi connectivity index (χ1n) is 7.72. The highest BCUT2D eigenvalue weighted by atomic mass is 35.5. The van der Waals surface area contributed by atoms with Crippen LogP contribution in [0.15, 0.2) is 23.4 Å². The molecule has 0 N–H and O–H groups in total. The number of amides is 2. The second-order valence-electron chi connectivity index (χ2n) is 6.03. The molecule has 126 valence electrons. The molecule has 8 heteroatoms. The number of likely N-dealkylation sites (tertiary alicyclic amines) is 1. The predicted octanol–water partition coefficient (Wildman–Crippen LogP) is 2.26. The number of carbonyl (C=O) groups is 2. The summed E-state index contributed by atoms with van der Waals surface area (Å²) in [6.07, 6.45) is 0.769. The summed E-state index contributed by atoms with van der Waals surface area (Å²) in [5.41, 5.74) is 0.920. The van der Waals surface area contributed by atoms with Crippen molar-refractivity contribution in [2.24, 2.45) is 11.1 Å². The Kier molecular flexibility index (Phi) is 3.98. The predicted molar refractivity (Wildman–Crippen MR) is 87.1 cm³/mol. The Morgan fingerprint density at radius 1 is 1.25 bits per heavy atom. The number of hydrogen-bond donors (Lipinski definition) is 0. The van der Waals surface area contributed by atoms with Gasteiger partial charge in [-0.1, -0.05) is 34.4 Å². The summed E-state index contributed by atoms with van der Waals surface area (Å²) in [5.74, 6) is -1.45. The average molecular weight is 369 g/mol. The maximum Gasteiger partial charge on any atom is 0.274 e. The van der Waals surface area contributed by atoms with E-state index in [9.17, 15) is 9.59 Å². The van der Waals surface area contributed by atoms with Crippen molar-refractivity contribution < 1.29 is 19.2 Å². The Hall–Kier alpha value is -1.63. The maximum atomic E-state index is 12.8. The number of benzene rings is 1. The van der Waals surface area contributed by atoms with Crippen LogP contribution in [0.1, 0.15) is 18.4 Å². The largest absolute Gasteiger partial charge is 0.381 e. The Bertz CT molecular complexity index is 746.